The van der Waals surface area contributed by atoms with Crippen molar-refractivity contribution < 1.29 is 13.9 Å². The van der Waals surface area contributed by atoms with Crippen molar-refractivity contribution >= 4 is 11.6 Å². The number of halogens is 1. The van der Waals surface area contributed by atoms with Crippen molar-refractivity contribution in [1.82, 2.24) is 5.32 Å². The first-order valence-corrected chi connectivity index (χ1v) is 5.43. The van der Waals surface area contributed by atoms with Crippen molar-refractivity contribution in [1.29, 1.82) is 0 Å². The fourth-order valence-electron chi connectivity index (χ4n) is 1.15. The van der Waals surface area contributed by atoms with Crippen LogP contribution in [0.25, 0.3) is 0 Å². The maximum absolute atomic E-state index is 12.9. The third kappa shape index (κ3) is 4.72. The highest BCUT2D eigenvalue weighted by molar-refractivity contribution is 5.77. The Morgan fingerprint density at radius 3 is 2.88 bits per heavy atom. The molecule has 0 aliphatic carbocycles. The van der Waals surface area contributed by atoms with Gasteiger partial charge < -0.3 is 15.8 Å². The average molecular weight is 240 g/mol. The summed E-state index contributed by atoms with van der Waals surface area (Å²) >= 11 is 0. The zero-order chi connectivity index (χ0) is 12.8. The molecule has 4 nitrogen and oxygen atoms in total. The minimum Gasteiger partial charge on any atom is -0.482 e. The maximum atomic E-state index is 12.9. The minimum atomic E-state index is -0.447. The van der Waals surface area contributed by atoms with E-state index in [4.69, 9.17) is 10.5 Å². The fraction of sp³-hybridized carbons (Fsp3) is 0.417. The molecule has 1 amide bonds. The second-order valence-corrected chi connectivity index (χ2v) is 4.17. The SMILES string of the molecule is CC(C)CNC(=O)COc1cc(F)ccc1N. The number of hydrogen-bond acceptors (Lipinski definition) is 3. The number of nitrogens with two attached hydrogens (primary N) is 1. The van der Waals surface area contributed by atoms with Crippen molar-refractivity contribution in [3.05, 3.63) is 24.0 Å². The second-order valence-electron chi connectivity index (χ2n) is 4.17. The standard InChI is InChI=1S/C12H17FN2O2/c1-8(2)6-15-12(16)7-17-11-5-9(13)3-4-10(11)14/h3-5,8H,6-7,14H2,1-2H3,(H,15,16). The van der Waals surface area contributed by atoms with Crippen LogP contribution < -0.4 is 15.8 Å². The third-order valence-corrected chi connectivity index (χ3v) is 2.04. The predicted molar refractivity (Wildman–Crippen MR) is 64.2 cm³/mol. The average Bonchev–Trinajstić information content (AvgIpc) is 2.27. The molecule has 0 atom stereocenters. The monoisotopic (exact) mass is 240 g/mol. The number of nitrogen functional groups attached to an aromatic ring is 1. The quantitative estimate of drug-likeness (QED) is 0.768. The van der Waals surface area contributed by atoms with Gasteiger partial charge in [0, 0.05) is 12.6 Å². The summed E-state index contributed by atoms with van der Waals surface area (Å²) in [6.07, 6.45) is 0. The van der Waals surface area contributed by atoms with E-state index < -0.39 is 5.82 Å². The summed E-state index contributed by atoms with van der Waals surface area (Å²) in [5.41, 5.74) is 5.88. The molecule has 17 heavy (non-hydrogen) atoms. The summed E-state index contributed by atoms with van der Waals surface area (Å²) in [6.45, 7) is 4.40. The third-order valence-electron chi connectivity index (χ3n) is 2.04. The molecule has 0 fully saturated rings. The Labute approximate surface area is 100.0 Å². The van der Waals surface area contributed by atoms with Crippen molar-refractivity contribution in [2.45, 2.75) is 13.8 Å². The Morgan fingerprint density at radius 1 is 1.53 bits per heavy atom. The van der Waals surface area contributed by atoms with Crippen molar-refractivity contribution in [3.63, 3.8) is 0 Å². The Morgan fingerprint density at radius 2 is 2.24 bits per heavy atom. The Hall–Kier alpha value is -1.78. The highest BCUT2D eigenvalue weighted by Gasteiger charge is 2.06. The number of benzene rings is 1. The number of ether oxygens (including phenoxy) is 1. The Kier molecular flexibility index (Phi) is 4.75. The molecule has 1 aromatic carbocycles. The zero-order valence-corrected chi connectivity index (χ0v) is 10.00. The first-order valence-electron chi connectivity index (χ1n) is 5.43. The van der Waals surface area contributed by atoms with E-state index in [-0.39, 0.29) is 18.3 Å². The van der Waals surface area contributed by atoms with Gasteiger partial charge >= 0.3 is 0 Å². The molecule has 0 spiro atoms. The summed E-state index contributed by atoms with van der Waals surface area (Å²) in [7, 11) is 0. The molecule has 1 aromatic rings. The summed E-state index contributed by atoms with van der Waals surface area (Å²) in [5, 5.41) is 2.69. The van der Waals surface area contributed by atoms with Crippen molar-refractivity contribution in [2.75, 3.05) is 18.9 Å². The van der Waals surface area contributed by atoms with Crippen LogP contribution in [0.2, 0.25) is 0 Å². The van der Waals surface area contributed by atoms with Gasteiger partial charge in [0.1, 0.15) is 11.6 Å². The van der Waals surface area contributed by atoms with Crippen molar-refractivity contribution in [2.24, 2.45) is 5.92 Å². The predicted octanol–water partition coefficient (Wildman–Crippen LogP) is 1.56. The molecule has 0 aromatic heterocycles. The van der Waals surface area contributed by atoms with E-state index in [0.717, 1.165) is 6.07 Å². The Balaban J connectivity index is 2.44. The van der Waals surface area contributed by atoms with Crippen molar-refractivity contribution in [3.8, 4) is 5.75 Å². The lowest BCUT2D eigenvalue weighted by Crippen LogP contribution is -2.31. The smallest absolute Gasteiger partial charge is 0.257 e. The molecule has 3 N–H and O–H groups in total. The van der Waals surface area contributed by atoms with Gasteiger partial charge in [-0.1, -0.05) is 13.8 Å². The van der Waals surface area contributed by atoms with Crippen LogP contribution in [0.1, 0.15) is 13.8 Å². The van der Waals surface area contributed by atoms with E-state index >= 15 is 0 Å². The molecule has 0 saturated heterocycles. The summed E-state index contributed by atoms with van der Waals surface area (Å²) < 4.78 is 18.0. The second kappa shape index (κ2) is 6.08. The van der Waals surface area contributed by atoms with Crippen LogP contribution in [0.15, 0.2) is 18.2 Å². The first-order chi connectivity index (χ1) is 7.99. The Bertz CT molecular complexity index is 394. The van der Waals surface area contributed by atoms with Gasteiger partial charge in [0.05, 0.1) is 5.69 Å². The molecule has 0 aliphatic rings. The van der Waals surface area contributed by atoms with Gasteiger partial charge in [0.2, 0.25) is 0 Å². The molecule has 0 aliphatic heterocycles. The number of nitrogens with one attached hydrogen (secondary N) is 1. The fourth-order valence-corrected chi connectivity index (χ4v) is 1.15. The lowest BCUT2D eigenvalue weighted by atomic mass is 10.2. The summed E-state index contributed by atoms with van der Waals surface area (Å²) in [4.78, 5) is 11.3. The van der Waals surface area contributed by atoms with E-state index in [1.807, 2.05) is 13.8 Å². The van der Waals surface area contributed by atoms with E-state index in [0.29, 0.717) is 18.2 Å². The van der Waals surface area contributed by atoms with E-state index in [1.165, 1.54) is 12.1 Å². The van der Waals surface area contributed by atoms with Gasteiger partial charge in [-0.25, -0.2) is 4.39 Å². The molecular weight excluding hydrogens is 223 g/mol. The number of amides is 1. The van der Waals surface area contributed by atoms with Crippen LogP contribution in [0, 0.1) is 11.7 Å². The van der Waals surface area contributed by atoms with Crippen LogP contribution in [0.3, 0.4) is 0 Å². The lowest BCUT2D eigenvalue weighted by molar-refractivity contribution is -0.123. The van der Waals surface area contributed by atoms with Crippen LogP contribution in [0.5, 0.6) is 5.75 Å². The topological polar surface area (TPSA) is 64.3 Å². The van der Waals surface area contributed by atoms with Gasteiger partial charge in [-0.15, -0.1) is 0 Å². The number of hydrogen-bond donors (Lipinski definition) is 2. The largest absolute Gasteiger partial charge is 0.482 e. The number of carbonyl (C=O) groups excluding carboxylic acids is 1. The highest BCUT2D eigenvalue weighted by atomic mass is 19.1. The first kappa shape index (κ1) is 13.3. The van der Waals surface area contributed by atoms with Crippen LogP contribution in [0.4, 0.5) is 10.1 Å². The maximum Gasteiger partial charge on any atom is 0.257 e. The van der Waals surface area contributed by atoms with Gasteiger partial charge in [0.25, 0.3) is 5.91 Å². The van der Waals surface area contributed by atoms with Crippen LogP contribution in [-0.2, 0) is 4.79 Å². The van der Waals surface area contributed by atoms with Gasteiger partial charge in [-0.2, -0.15) is 0 Å². The van der Waals surface area contributed by atoms with Gasteiger partial charge in [-0.05, 0) is 18.1 Å². The molecule has 0 bridgehead atoms. The van der Waals surface area contributed by atoms with E-state index in [9.17, 15) is 9.18 Å². The minimum absolute atomic E-state index is 0.166. The van der Waals surface area contributed by atoms with Crippen LogP contribution in [-0.4, -0.2) is 19.1 Å². The number of rotatable bonds is 5. The molecule has 0 saturated carbocycles. The molecule has 94 valence electrons. The molecule has 0 heterocycles. The molecule has 5 heteroatoms. The highest BCUT2D eigenvalue weighted by Crippen LogP contribution is 2.21. The van der Waals surface area contributed by atoms with Gasteiger partial charge in [-0.3, -0.25) is 4.79 Å². The normalized spacial score (nSPS) is 10.4. The summed E-state index contributed by atoms with van der Waals surface area (Å²) in [6, 6.07) is 3.79. The van der Waals surface area contributed by atoms with E-state index in [2.05, 4.69) is 5.32 Å². The molecular formula is C12H17FN2O2. The van der Waals surface area contributed by atoms with Gasteiger partial charge in [0.15, 0.2) is 6.61 Å². The van der Waals surface area contributed by atoms with Crippen LogP contribution >= 0.6 is 0 Å². The number of carbonyl (C=O) groups is 1. The molecule has 0 radical (unpaired) electrons. The number of anilines is 1. The molecule has 0 unspecified atom stereocenters. The lowest BCUT2D eigenvalue weighted by Gasteiger charge is -2.10. The summed E-state index contributed by atoms with van der Waals surface area (Å²) in [5.74, 6) is -0.137. The van der Waals surface area contributed by atoms with E-state index in [1.54, 1.807) is 0 Å². The zero-order valence-electron chi connectivity index (χ0n) is 10.00. The molecule has 1 rings (SSSR count).